The fourth-order valence-corrected chi connectivity index (χ4v) is 5.55. The molecule has 2 aromatic carbocycles. The van der Waals surface area contributed by atoms with Crippen molar-refractivity contribution in [1.29, 1.82) is 0 Å². The molecule has 0 spiro atoms. The van der Waals surface area contributed by atoms with Crippen LogP contribution in [-0.4, -0.2) is 0 Å². The Morgan fingerprint density at radius 3 is 2.42 bits per heavy atom. The summed E-state index contributed by atoms with van der Waals surface area (Å²) in [6.45, 7) is 11.5. The lowest BCUT2D eigenvalue weighted by Crippen LogP contribution is -2.03. The molecule has 4 rings (SSSR count). The zero-order valence-corrected chi connectivity index (χ0v) is 20.1. The monoisotopic (exact) mass is 410 g/mol. The highest BCUT2D eigenvalue weighted by atomic mass is 14.3. The van der Waals surface area contributed by atoms with Gasteiger partial charge in [0.15, 0.2) is 0 Å². The normalized spacial score (nSPS) is 16.1. The van der Waals surface area contributed by atoms with Gasteiger partial charge in [-0.15, -0.1) is 0 Å². The van der Waals surface area contributed by atoms with Gasteiger partial charge in [-0.25, -0.2) is 0 Å². The van der Waals surface area contributed by atoms with Gasteiger partial charge in [-0.1, -0.05) is 88.2 Å². The summed E-state index contributed by atoms with van der Waals surface area (Å²) in [5.74, 6) is 0.553. The van der Waals surface area contributed by atoms with Gasteiger partial charge >= 0.3 is 0 Å². The first-order valence-electron chi connectivity index (χ1n) is 12.4. The predicted octanol–water partition coefficient (Wildman–Crippen LogP) is 8.46. The van der Waals surface area contributed by atoms with E-state index in [1.54, 1.807) is 16.7 Å². The van der Waals surface area contributed by atoms with Crippen molar-refractivity contribution in [2.24, 2.45) is 0 Å². The van der Waals surface area contributed by atoms with Gasteiger partial charge in [-0.2, -0.15) is 0 Å². The molecule has 2 aliphatic carbocycles. The maximum absolute atomic E-state index is 2.47. The Kier molecular flexibility index (Phi) is 6.65. The molecule has 0 amide bonds. The van der Waals surface area contributed by atoms with E-state index in [-0.39, 0.29) is 0 Å². The minimum absolute atomic E-state index is 0.553. The van der Waals surface area contributed by atoms with Gasteiger partial charge < -0.3 is 0 Å². The first kappa shape index (κ1) is 21.9. The number of hydrogen-bond acceptors (Lipinski definition) is 0. The zero-order chi connectivity index (χ0) is 22.0. The van der Waals surface area contributed by atoms with Crippen molar-refractivity contribution in [2.75, 3.05) is 0 Å². The molecule has 1 atom stereocenters. The number of benzene rings is 2. The molecular formula is C31H38. The molecule has 1 unspecified atom stereocenters. The van der Waals surface area contributed by atoms with Crippen molar-refractivity contribution in [2.45, 2.75) is 85.5 Å². The molecule has 0 heterocycles. The third-order valence-electron chi connectivity index (χ3n) is 7.19. The van der Waals surface area contributed by atoms with E-state index in [0.29, 0.717) is 5.92 Å². The van der Waals surface area contributed by atoms with Crippen LogP contribution in [0.3, 0.4) is 0 Å². The van der Waals surface area contributed by atoms with E-state index in [9.17, 15) is 0 Å². The Balaban J connectivity index is 1.54. The highest BCUT2D eigenvalue weighted by Crippen LogP contribution is 2.40. The minimum atomic E-state index is 0.553. The van der Waals surface area contributed by atoms with Crippen LogP contribution in [0.5, 0.6) is 0 Å². The van der Waals surface area contributed by atoms with Crippen LogP contribution in [0.2, 0.25) is 0 Å². The molecule has 0 nitrogen and oxygen atoms in total. The summed E-state index contributed by atoms with van der Waals surface area (Å²) < 4.78 is 0. The molecule has 0 aromatic heterocycles. The Morgan fingerprint density at radius 1 is 0.903 bits per heavy atom. The van der Waals surface area contributed by atoms with E-state index in [1.807, 2.05) is 0 Å². The van der Waals surface area contributed by atoms with Gasteiger partial charge in [-0.3, -0.25) is 0 Å². The minimum Gasteiger partial charge on any atom is -0.0769 e. The molecule has 0 N–H and O–H groups in total. The van der Waals surface area contributed by atoms with E-state index in [1.165, 1.54) is 51.8 Å². The van der Waals surface area contributed by atoms with Crippen LogP contribution in [-0.2, 0) is 25.7 Å². The Labute approximate surface area is 189 Å². The van der Waals surface area contributed by atoms with Gasteiger partial charge in [0, 0.05) is 0 Å². The average Bonchev–Trinajstić information content (AvgIpc) is 3.38. The molecule has 0 saturated carbocycles. The SMILES string of the molecule is CCCc1cc(C)ccc1C(C)CC1=CCC=C1C1=Cc2cc(CC)c(CC)cc2C1. The lowest BCUT2D eigenvalue weighted by Gasteiger charge is -2.20. The van der Waals surface area contributed by atoms with Gasteiger partial charge in [0.25, 0.3) is 0 Å². The highest BCUT2D eigenvalue weighted by molar-refractivity contribution is 5.73. The second kappa shape index (κ2) is 9.43. The number of aryl methyl sites for hydroxylation is 4. The molecule has 0 saturated heterocycles. The van der Waals surface area contributed by atoms with Crippen molar-refractivity contribution in [3.8, 4) is 0 Å². The van der Waals surface area contributed by atoms with Crippen LogP contribution >= 0.6 is 0 Å². The summed E-state index contributed by atoms with van der Waals surface area (Å²) in [5.41, 5.74) is 15.1. The van der Waals surface area contributed by atoms with Crippen molar-refractivity contribution in [1.82, 2.24) is 0 Å². The molecule has 2 aromatic rings. The predicted molar refractivity (Wildman–Crippen MR) is 136 cm³/mol. The van der Waals surface area contributed by atoms with Crippen molar-refractivity contribution < 1.29 is 0 Å². The molecule has 0 heteroatoms. The quantitative estimate of drug-likeness (QED) is 0.409. The molecule has 0 aliphatic heterocycles. The Bertz CT molecular complexity index is 1060. The molecule has 31 heavy (non-hydrogen) atoms. The third-order valence-corrected chi connectivity index (χ3v) is 7.19. The Morgan fingerprint density at radius 2 is 1.68 bits per heavy atom. The fraction of sp³-hybridized carbons (Fsp3) is 0.419. The van der Waals surface area contributed by atoms with E-state index < -0.39 is 0 Å². The summed E-state index contributed by atoms with van der Waals surface area (Å²) in [7, 11) is 0. The first-order valence-corrected chi connectivity index (χ1v) is 12.4. The second-order valence-corrected chi connectivity index (χ2v) is 9.51. The van der Waals surface area contributed by atoms with Gasteiger partial charge in [0.1, 0.15) is 0 Å². The van der Waals surface area contributed by atoms with Crippen molar-refractivity contribution in [3.63, 3.8) is 0 Å². The summed E-state index contributed by atoms with van der Waals surface area (Å²) in [6.07, 6.45) is 15.4. The van der Waals surface area contributed by atoms with Crippen LogP contribution in [0, 0.1) is 6.92 Å². The lowest BCUT2D eigenvalue weighted by molar-refractivity contribution is 0.738. The van der Waals surface area contributed by atoms with Gasteiger partial charge in [0.2, 0.25) is 0 Å². The van der Waals surface area contributed by atoms with Crippen molar-refractivity contribution in [3.05, 3.63) is 98.1 Å². The van der Waals surface area contributed by atoms with E-state index in [2.05, 4.69) is 83.2 Å². The maximum atomic E-state index is 2.47. The topological polar surface area (TPSA) is 0 Å². The van der Waals surface area contributed by atoms with Gasteiger partial charge in [0.05, 0.1) is 0 Å². The number of hydrogen-bond donors (Lipinski definition) is 0. The highest BCUT2D eigenvalue weighted by Gasteiger charge is 2.23. The molecule has 0 radical (unpaired) electrons. The smallest absolute Gasteiger partial charge is 0.00136 e. The Hall–Kier alpha value is -2.34. The van der Waals surface area contributed by atoms with Gasteiger partial charge in [-0.05, 0) is 101 Å². The fourth-order valence-electron chi connectivity index (χ4n) is 5.55. The van der Waals surface area contributed by atoms with Crippen LogP contribution in [0.4, 0.5) is 0 Å². The molecule has 0 fully saturated rings. The summed E-state index contributed by atoms with van der Waals surface area (Å²) in [6, 6.07) is 12.0. The first-order chi connectivity index (χ1) is 15.0. The van der Waals surface area contributed by atoms with E-state index in [4.69, 9.17) is 0 Å². The summed E-state index contributed by atoms with van der Waals surface area (Å²) in [5, 5.41) is 0. The summed E-state index contributed by atoms with van der Waals surface area (Å²) >= 11 is 0. The third kappa shape index (κ3) is 4.49. The van der Waals surface area contributed by atoms with E-state index in [0.717, 1.165) is 32.1 Å². The number of rotatable bonds is 8. The zero-order valence-electron chi connectivity index (χ0n) is 20.1. The molecule has 162 valence electrons. The largest absolute Gasteiger partial charge is 0.0769 e. The maximum Gasteiger partial charge on any atom is -0.00136 e. The number of allylic oxidation sites excluding steroid dienone is 5. The summed E-state index contributed by atoms with van der Waals surface area (Å²) in [4.78, 5) is 0. The second-order valence-electron chi connectivity index (χ2n) is 9.51. The van der Waals surface area contributed by atoms with Crippen LogP contribution in [0.15, 0.2) is 59.2 Å². The molecular weight excluding hydrogens is 372 g/mol. The van der Waals surface area contributed by atoms with Crippen molar-refractivity contribution >= 4 is 6.08 Å². The van der Waals surface area contributed by atoms with Crippen LogP contribution in [0.25, 0.3) is 6.08 Å². The lowest BCUT2D eigenvalue weighted by atomic mass is 9.85. The standard InChI is InChI=1S/C31H38/c1-6-10-25-15-21(4)13-14-30(25)22(5)16-26-11-9-12-31(26)29-19-27-17-23(7-2)24(8-3)18-28(27)20-29/h11-15,17-19,22H,6-10,16,20H2,1-5H3. The van der Waals surface area contributed by atoms with E-state index >= 15 is 0 Å². The van der Waals surface area contributed by atoms with Crippen LogP contribution < -0.4 is 0 Å². The molecule has 2 aliphatic rings. The number of fused-ring (bicyclic) bond motifs is 1. The van der Waals surface area contributed by atoms with Crippen LogP contribution in [0.1, 0.15) is 91.8 Å². The average molecular weight is 411 g/mol. The molecule has 0 bridgehead atoms.